The van der Waals surface area contributed by atoms with Gasteiger partial charge in [-0.15, -0.1) is 0 Å². The summed E-state index contributed by atoms with van der Waals surface area (Å²) in [5, 5.41) is 10.8. The fourth-order valence-corrected chi connectivity index (χ4v) is 1.67. The number of benzene rings is 2. The number of nitro groups is 1. The first kappa shape index (κ1) is 11.3. The van der Waals surface area contributed by atoms with Crippen LogP contribution in [0.15, 0.2) is 54.6 Å². The summed E-state index contributed by atoms with van der Waals surface area (Å²) in [5.41, 5.74) is 1.97. The molecule has 0 fully saturated rings. The Morgan fingerprint density at radius 1 is 1.00 bits per heavy atom. The lowest BCUT2D eigenvalue weighted by atomic mass is 10.0. The van der Waals surface area contributed by atoms with E-state index in [0.29, 0.717) is 12.0 Å². The van der Waals surface area contributed by atoms with E-state index in [1.54, 1.807) is 12.1 Å². The van der Waals surface area contributed by atoms with Gasteiger partial charge in [-0.2, -0.15) is 0 Å². The van der Waals surface area contributed by atoms with Gasteiger partial charge in [0.25, 0.3) is 5.69 Å². The maximum Gasteiger partial charge on any atom is 0.272 e. The summed E-state index contributed by atoms with van der Waals surface area (Å²) in [7, 11) is 0. The Bertz CT molecular complexity index is 509. The Morgan fingerprint density at radius 3 is 2.35 bits per heavy atom. The van der Waals surface area contributed by atoms with Crippen LogP contribution in [-0.4, -0.2) is 4.92 Å². The number of nitro benzene ring substituents is 1. The van der Waals surface area contributed by atoms with Crippen molar-refractivity contribution in [3.05, 3.63) is 82.3 Å². The van der Waals surface area contributed by atoms with Gasteiger partial charge in [-0.1, -0.05) is 48.5 Å². The first-order chi connectivity index (χ1) is 8.27. The van der Waals surface area contributed by atoms with Gasteiger partial charge in [0.15, 0.2) is 0 Å². The normalized spacial score (nSPS) is 10.1. The molecule has 0 aliphatic rings. The van der Waals surface area contributed by atoms with E-state index in [1.165, 1.54) is 6.07 Å². The lowest BCUT2D eigenvalue weighted by Gasteiger charge is -2.02. The first-order valence-corrected chi connectivity index (χ1v) is 5.38. The molecule has 3 heteroatoms. The smallest absolute Gasteiger partial charge is 0.258 e. The molecule has 0 amide bonds. The van der Waals surface area contributed by atoms with Crippen LogP contribution in [0.3, 0.4) is 0 Å². The topological polar surface area (TPSA) is 43.1 Å². The standard InChI is InChI=1S/C14H12NO2/c16-15(17)14-9-5-4-8-13(14)11-10-12-6-2-1-3-7-12/h1-9,11H,10H2. The highest BCUT2D eigenvalue weighted by Crippen LogP contribution is 2.20. The van der Waals surface area contributed by atoms with Gasteiger partial charge in [-0.05, 0) is 12.0 Å². The molecule has 0 N–H and O–H groups in total. The monoisotopic (exact) mass is 226 g/mol. The summed E-state index contributed by atoms with van der Waals surface area (Å²) in [4.78, 5) is 10.5. The third kappa shape index (κ3) is 2.91. The minimum absolute atomic E-state index is 0.156. The van der Waals surface area contributed by atoms with E-state index in [1.807, 2.05) is 42.8 Å². The first-order valence-electron chi connectivity index (χ1n) is 5.38. The van der Waals surface area contributed by atoms with Gasteiger partial charge in [0.2, 0.25) is 0 Å². The third-order valence-corrected chi connectivity index (χ3v) is 2.53. The average molecular weight is 226 g/mol. The maximum absolute atomic E-state index is 10.8. The molecule has 0 heterocycles. The highest BCUT2D eigenvalue weighted by molar-refractivity contribution is 5.45. The second-order valence-electron chi connectivity index (χ2n) is 3.71. The van der Waals surface area contributed by atoms with Gasteiger partial charge in [0.05, 0.1) is 4.92 Å². The number of para-hydroxylation sites is 1. The Labute approximate surface area is 99.9 Å². The fraction of sp³-hybridized carbons (Fsp3) is 0.0714. The minimum Gasteiger partial charge on any atom is -0.258 e. The van der Waals surface area contributed by atoms with Gasteiger partial charge in [0, 0.05) is 18.1 Å². The molecule has 0 aliphatic heterocycles. The lowest BCUT2D eigenvalue weighted by Crippen LogP contribution is -1.95. The van der Waals surface area contributed by atoms with Gasteiger partial charge < -0.3 is 0 Å². The zero-order chi connectivity index (χ0) is 12.1. The van der Waals surface area contributed by atoms with Gasteiger partial charge in [0.1, 0.15) is 0 Å². The third-order valence-electron chi connectivity index (χ3n) is 2.53. The van der Waals surface area contributed by atoms with E-state index in [0.717, 1.165) is 5.56 Å². The number of nitrogens with zero attached hydrogens (tertiary/aromatic N) is 1. The summed E-state index contributed by atoms with van der Waals surface area (Å²) in [6.45, 7) is 0. The van der Waals surface area contributed by atoms with E-state index in [2.05, 4.69) is 0 Å². The summed E-state index contributed by atoms with van der Waals surface area (Å²) >= 11 is 0. The molecule has 0 saturated heterocycles. The molecule has 0 unspecified atom stereocenters. The summed E-state index contributed by atoms with van der Waals surface area (Å²) in [6, 6.07) is 16.7. The van der Waals surface area contributed by atoms with E-state index in [4.69, 9.17) is 0 Å². The number of hydrogen-bond acceptors (Lipinski definition) is 2. The van der Waals surface area contributed by atoms with Crippen molar-refractivity contribution < 1.29 is 4.92 Å². The Hall–Kier alpha value is -2.16. The van der Waals surface area contributed by atoms with Crippen LogP contribution in [0, 0.1) is 16.5 Å². The highest BCUT2D eigenvalue weighted by atomic mass is 16.6. The molecule has 17 heavy (non-hydrogen) atoms. The number of hydrogen-bond donors (Lipinski definition) is 0. The predicted octanol–water partition coefficient (Wildman–Crippen LogP) is 3.39. The molecular weight excluding hydrogens is 214 g/mol. The van der Waals surface area contributed by atoms with Crippen molar-refractivity contribution in [2.45, 2.75) is 6.42 Å². The molecule has 2 rings (SSSR count). The molecule has 3 nitrogen and oxygen atoms in total. The number of rotatable bonds is 4. The average Bonchev–Trinajstić information content (AvgIpc) is 2.38. The molecule has 0 spiro atoms. The highest BCUT2D eigenvalue weighted by Gasteiger charge is 2.11. The van der Waals surface area contributed by atoms with Gasteiger partial charge in [-0.25, -0.2) is 0 Å². The Morgan fingerprint density at radius 2 is 1.65 bits per heavy atom. The van der Waals surface area contributed by atoms with Gasteiger partial charge in [-0.3, -0.25) is 10.1 Å². The van der Waals surface area contributed by atoms with E-state index >= 15 is 0 Å². The van der Waals surface area contributed by atoms with Crippen molar-refractivity contribution in [2.24, 2.45) is 0 Å². The summed E-state index contributed by atoms with van der Waals surface area (Å²) in [5.74, 6) is 0. The zero-order valence-electron chi connectivity index (χ0n) is 9.24. The van der Waals surface area contributed by atoms with Crippen LogP contribution in [0.4, 0.5) is 5.69 Å². The second kappa shape index (κ2) is 5.25. The van der Waals surface area contributed by atoms with Crippen molar-refractivity contribution in [2.75, 3.05) is 0 Å². The van der Waals surface area contributed by atoms with Crippen molar-refractivity contribution >= 4 is 5.69 Å². The van der Waals surface area contributed by atoms with Crippen molar-refractivity contribution in [1.82, 2.24) is 0 Å². The fourth-order valence-electron chi connectivity index (χ4n) is 1.67. The molecule has 0 bridgehead atoms. The van der Waals surface area contributed by atoms with Crippen LogP contribution >= 0.6 is 0 Å². The molecule has 0 aliphatic carbocycles. The Kier molecular flexibility index (Phi) is 3.50. The van der Waals surface area contributed by atoms with Crippen molar-refractivity contribution in [1.29, 1.82) is 0 Å². The Balaban J connectivity index is 2.12. The maximum atomic E-state index is 10.8. The zero-order valence-corrected chi connectivity index (χ0v) is 9.24. The largest absolute Gasteiger partial charge is 0.272 e. The van der Waals surface area contributed by atoms with E-state index < -0.39 is 0 Å². The van der Waals surface area contributed by atoms with Gasteiger partial charge >= 0.3 is 0 Å². The quantitative estimate of drug-likeness (QED) is 0.592. The summed E-state index contributed by atoms with van der Waals surface area (Å²) < 4.78 is 0. The van der Waals surface area contributed by atoms with Crippen LogP contribution in [0.2, 0.25) is 0 Å². The molecule has 1 radical (unpaired) electrons. The van der Waals surface area contributed by atoms with E-state index in [-0.39, 0.29) is 10.6 Å². The molecule has 0 aromatic heterocycles. The second-order valence-corrected chi connectivity index (χ2v) is 3.71. The van der Waals surface area contributed by atoms with Crippen LogP contribution in [0.1, 0.15) is 11.1 Å². The minimum atomic E-state index is -0.350. The molecular formula is C14H12NO2. The molecule has 2 aromatic rings. The molecule has 2 aromatic carbocycles. The summed E-state index contributed by atoms with van der Waals surface area (Å²) in [6.07, 6.45) is 2.58. The van der Waals surface area contributed by atoms with Crippen LogP contribution in [-0.2, 0) is 6.42 Å². The van der Waals surface area contributed by atoms with Crippen LogP contribution in [0.5, 0.6) is 0 Å². The van der Waals surface area contributed by atoms with Crippen LogP contribution < -0.4 is 0 Å². The van der Waals surface area contributed by atoms with Crippen molar-refractivity contribution in [3.8, 4) is 0 Å². The SMILES string of the molecule is O=[N+]([O-])c1ccccc1[CH]Cc1ccccc1. The van der Waals surface area contributed by atoms with E-state index in [9.17, 15) is 10.1 Å². The predicted molar refractivity (Wildman–Crippen MR) is 66.6 cm³/mol. The molecule has 0 saturated carbocycles. The van der Waals surface area contributed by atoms with Crippen LogP contribution in [0.25, 0.3) is 0 Å². The molecule has 0 atom stereocenters. The lowest BCUT2D eigenvalue weighted by molar-refractivity contribution is -0.385. The van der Waals surface area contributed by atoms with Crippen molar-refractivity contribution in [3.63, 3.8) is 0 Å². The molecule has 85 valence electrons.